The molecule has 84 valence electrons. The van der Waals surface area contributed by atoms with Gasteiger partial charge in [0.2, 0.25) is 0 Å². The second kappa shape index (κ2) is 5.54. The van der Waals surface area contributed by atoms with E-state index in [1.807, 2.05) is 26.0 Å². The van der Waals surface area contributed by atoms with Gasteiger partial charge in [0.1, 0.15) is 0 Å². The minimum absolute atomic E-state index is 0.568. The van der Waals surface area contributed by atoms with E-state index in [0.29, 0.717) is 6.54 Å². The molecule has 1 atom stereocenters. The summed E-state index contributed by atoms with van der Waals surface area (Å²) >= 11 is 1.68. The largest absolute Gasteiger partial charge is 0.389 e. The van der Waals surface area contributed by atoms with E-state index in [0.717, 1.165) is 17.7 Å². The molecule has 1 rings (SSSR count). The Morgan fingerprint density at radius 3 is 2.80 bits per heavy atom. The van der Waals surface area contributed by atoms with Crippen LogP contribution in [0.4, 0.5) is 0 Å². The third-order valence-corrected chi connectivity index (χ3v) is 3.80. The molecule has 2 nitrogen and oxygen atoms in total. The molecular formula is C12H19NOS. The van der Waals surface area contributed by atoms with E-state index in [4.69, 9.17) is 5.73 Å². The molecule has 0 amide bonds. The van der Waals surface area contributed by atoms with Crippen molar-refractivity contribution in [1.29, 1.82) is 0 Å². The van der Waals surface area contributed by atoms with E-state index in [-0.39, 0.29) is 0 Å². The topological polar surface area (TPSA) is 46.2 Å². The van der Waals surface area contributed by atoms with Crippen molar-refractivity contribution in [2.75, 3.05) is 5.75 Å². The second-order valence-corrected chi connectivity index (χ2v) is 5.04. The zero-order chi connectivity index (χ0) is 11.3. The Bertz CT molecular complexity index is 312. The molecule has 0 radical (unpaired) electrons. The highest BCUT2D eigenvalue weighted by atomic mass is 32.2. The van der Waals surface area contributed by atoms with Crippen LogP contribution in [-0.2, 0) is 6.54 Å². The quantitative estimate of drug-likeness (QED) is 0.756. The fourth-order valence-corrected chi connectivity index (χ4v) is 2.19. The minimum Gasteiger partial charge on any atom is -0.389 e. The van der Waals surface area contributed by atoms with Gasteiger partial charge in [-0.3, -0.25) is 0 Å². The Morgan fingerprint density at radius 1 is 1.47 bits per heavy atom. The van der Waals surface area contributed by atoms with Crippen molar-refractivity contribution >= 4 is 11.8 Å². The predicted molar refractivity (Wildman–Crippen MR) is 66.0 cm³/mol. The summed E-state index contributed by atoms with van der Waals surface area (Å²) in [7, 11) is 0. The Labute approximate surface area is 95.9 Å². The first kappa shape index (κ1) is 12.6. The van der Waals surface area contributed by atoms with Gasteiger partial charge in [-0.1, -0.05) is 19.1 Å². The molecular weight excluding hydrogens is 206 g/mol. The van der Waals surface area contributed by atoms with Crippen LogP contribution in [0.25, 0.3) is 0 Å². The normalized spacial score (nSPS) is 14.9. The smallest absolute Gasteiger partial charge is 0.0710 e. The summed E-state index contributed by atoms with van der Waals surface area (Å²) in [5.41, 5.74) is 6.12. The van der Waals surface area contributed by atoms with Crippen molar-refractivity contribution in [3.8, 4) is 0 Å². The summed E-state index contributed by atoms with van der Waals surface area (Å²) in [5, 5.41) is 9.87. The van der Waals surface area contributed by atoms with E-state index in [2.05, 4.69) is 12.1 Å². The van der Waals surface area contributed by atoms with Crippen molar-refractivity contribution in [1.82, 2.24) is 0 Å². The highest BCUT2D eigenvalue weighted by molar-refractivity contribution is 7.99. The molecule has 0 spiro atoms. The number of hydrogen-bond donors (Lipinski definition) is 2. The number of hydrogen-bond acceptors (Lipinski definition) is 3. The summed E-state index contributed by atoms with van der Waals surface area (Å²) in [6.45, 7) is 4.43. The molecule has 1 aromatic rings. The highest BCUT2D eigenvalue weighted by Gasteiger charge is 2.17. The van der Waals surface area contributed by atoms with E-state index >= 15 is 0 Å². The number of benzene rings is 1. The molecule has 0 bridgehead atoms. The van der Waals surface area contributed by atoms with Crippen molar-refractivity contribution in [2.45, 2.75) is 37.3 Å². The van der Waals surface area contributed by atoms with Gasteiger partial charge in [0.25, 0.3) is 0 Å². The molecule has 0 heterocycles. The van der Waals surface area contributed by atoms with Gasteiger partial charge in [-0.25, -0.2) is 0 Å². The van der Waals surface area contributed by atoms with Gasteiger partial charge in [0.05, 0.1) is 5.60 Å². The standard InChI is InChI=1S/C12H19NOS/c1-3-12(2,14)9-15-11-6-4-5-10(7-11)8-13/h4-7,14H,3,8-9,13H2,1-2H3. The van der Waals surface area contributed by atoms with Crippen molar-refractivity contribution < 1.29 is 5.11 Å². The summed E-state index contributed by atoms with van der Waals surface area (Å²) < 4.78 is 0. The van der Waals surface area contributed by atoms with Crippen LogP contribution >= 0.6 is 11.8 Å². The van der Waals surface area contributed by atoms with E-state index in [1.54, 1.807) is 11.8 Å². The summed E-state index contributed by atoms with van der Waals surface area (Å²) in [6.07, 6.45) is 0.774. The molecule has 3 heteroatoms. The molecule has 0 fully saturated rings. The molecule has 1 unspecified atom stereocenters. The van der Waals surface area contributed by atoms with Gasteiger partial charge in [-0.15, -0.1) is 11.8 Å². The van der Waals surface area contributed by atoms with Gasteiger partial charge >= 0.3 is 0 Å². The Hall–Kier alpha value is -0.510. The SMILES string of the molecule is CCC(C)(O)CSc1cccc(CN)c1. The lowest BCUT2D eigenvalue weighted by atomic mass is 10.1. The van der Waals surface area contributed by atoms with Gasteiger partial charge < -0.3 is 10.8 Å². The fourth-order valence-electron chi connectivity index (χ4n) is 1.10. The van der Waals surface area contributed by atoms with Gasteiger partial charge in [0.15, 0.2) is 0 Å². The Kier molecular flexibility index (Phi) is 4.64. The zero-order valence-corrected chi connectivity index (χ0v) is 10.2. The highest BCUT2D eigenvalue weighted by Crippen LogP contribution is 2.24. The van der Waals surface area contributed by atoms with Crippen molar-refractivity contribution in [3.05, 3.63) is 29.8 Å². The van der Waals surface area contributed by atoms with Crippen LogP contribution in [0.5, 0.6) is 0 Å². The van der Waals surface area contributed by atoms with Crippen LogP contribution in [-0.4, -0.2) is 16.5 Å². The molecule has 15 heavy (non-hydrogen) atoms. The second-order valence-electron chi connectivity index (χ2n) is 3.99. The lowest BCUT2D eigenvalue weighted by molar-refractivity contribution is 0.0816. The molecule has 1 aromatic carbocycles. The average Bonchev–Trinajstić information content (AvgIpc) is 2.27. The predicted octanol–water partition coefficient (Wildman–Crippen LogP) is 2.40. The number of thioether (sulfide) groups is 1. The van der Waals surface area contributed by atoms with Crippen LogP contribution in [0.3, 0.4) is 0 Å². The Balaban J connectivity index is 2.57. The van der Waals surface area contributed by atoms with Gasteiger partial charge in [0, 0.05) is 17.2 Å². The molecule has 0 aliphatic heterocycles. The maximum Gasteiger partial charge on any atom is 0.0710 e. The first-order valence-corrected chi connectivity index (χ1v) is 6.20. The number of nitrogens with two attached hydrogens (primary N) is 1. The minimum atomic E-state index is -0.580. The van der Waals surface area contributed by atoms with Crippen LogP contribution < -0.4 is 5.73 Å². The van der Waals surface area contributed by atoms with Crippen molar-refractivity contribution in [3.63, 3.8) is 0 Å². The van der Waals surface area contributed by atoms with Gasteiger partial charge in [-0.05, 0) is 31.0 Å². The van der Waals surface area contributed by atoms with Crippen LogP contribution in [0.15, 0.2) is 29.2 Å². The molecule has 0 aliphatic rings. The number of aliphatic hydroxyl groups is 1. The molecule has 0 saturated carbocycles. The Morgan fingerprint density at radius 2 is 2.20 bits per heavy atom. The van der Waals surface area contributed by atoms with E-state index in [1.165, 1.54) is 4.90 Å². The zero-order valence-electron chi connectivity index (χ0n) is 9.36. The van der Waals surface area contributed by atoms with Crippen LogP contribution in [0, 0.1) is 0 Å². The van der Waals surface area contributed by atoms with E-state index < -0.39 is 5.60 Å². The third-order valence-electron chi connectivity index (χ3n) is 2.45. The number of rotatable bonds is 5. The first-order valence-electron chi connectivity index (χ1n) is 5.21. The lowest BCUT2D eigenvalue weighted by Crippen LogP contribution is -2.25. The molecule has 0 aliphatic carbocycles. The summed E-state index contributed by atoms with van der Waals surface area (Å²) in [5.74, 6) is 0.720. The molecule has 0 saturated heterocycles. The monoisotopic (exact) mass is 225 g/mol. The summed E-state index contributed by atoms with van der Waals surface area (Å²) in [6, 6.07) is 8.15. The van der Waals surface area contributed by atoms with E-state index in [9.17, 15) is 5.11 Å². The van der Waals surface area contributed by atoms with Gasteiger partial charge in [-0.2, -0.15) is 0 Å². The maximum absolute atomic E-state index is 9.87. The van der Waals surface area contributed by atoms with Crippen molar-refractivity contribution in [2.24, 2.45) is 5.73 Å². The molecule has 0 aromatic heterocycles. The third kappa shape index (κ3) is 4.24. The van der Waals surface area contributed by atoms with Crippen LogP contribution in [0.2, 0.25) is 0 Å². The first-order chi connectivity index (χ1) is 7.07. The lowest BCUT2D eigenvalue weighted by Gasteiger charge is -2.20. The summed E-state index contributed by atoms with van der Waals surface area (Å²) in [4.78, 5) is 1.17. The fraction of sp³-hybridized carbons (Fsp3) is 0.500. The maximum atomic E-state index is 9.87. The van der Waals surface area contributed by atoms with Crippen LogP contribution in [0.1, 0.15) is 25.8 Å². The average molecular weight is 225 g/mol. The molecule has 3 N–H and O–H groups in total.